The highest BCUT2D eigenvalue weighted by Gasteiger charge is 2.49. The van der Waals surface area contributed by atoms with Crippen molar-refractivity contribution in [1.82, 2.24) is 9.97 Å². The highest BCUT2D eigenvalue weighted by molar-refractivity contribution is 7.79. The van der Waals surface area contributed by atoms with Crippen LogP contribution < -0.4 is 10.6 Å². The predicted octanol–water partition coefficient (Wildman–Crippen LogP) is 4.20. The van der Waals surface area contributed by atoms with Crippen LogP contribution in [0.25, 0.3) is 11.4 Å². The van der Waals surface area contributed by atoms with Crippen molar-refractivity contribution in [2.24, 2.45) is 0 Å². The van der Waals surface area contributed by atoms with Crippen molar-refractivity contribution < 1.29 is 4.74 Å². The molecule has 5 nitrogen and oxygen atoms in total. The summed E-state index contributed by atoms with van der Waals surface area (Å²) in [7, 11) is 0. The zero-order valence-corrected chi connectivity index (χ0v) is 18.8. The molecule has 2 N–H and O–H groups in total. The van der Waals surface area contributed by atoms with Gasteiger partial charge in [-0.25, -0.2) is 9.97 Å². The molecule has 1 saturated heterocycles. The second kappa shape index (κ2) is 8.52. The molecule has 2 fully saturated rings. The second-order valence-corrected chi connectivity index (χ2v) is 10.1. The maximum Gasteiger partial charge on any atom is 0.173 e. The van der Waals surface area contributed by atoms with E-state index in [1.807, 2.05) is 24.3 Å². The van der Waals surface area contributed by atoms with Gasteiger partial charge in [-0.15, -0.1) is 0 Å². The Hall–Kier alpha value is -2.57. The Morgan fingerprint density at radius 2 is 1.84 bits per heavy atom. The van der Waals surface area contributed by atoms with Gasteiger partial charge in [-0.1, -0.05) is 18.2 Å². The zero-order chi connectivity index (χ0) is 21.3. The molecule has 0 spiro atoms. The lowest BCUT2D eigenvalue weighted by Gasteiger charge is -2.37. The van der Waals surface area contributed by atoms with E-state index in [0.29, 0.717) is 6.04 Å². The summed E-state index contributed by atoms with van der Waals surface area (Å²) in [6, 6.07) is 21.2. The third-order valence-electron chi connectivity index (χ3n) is 6.30. The van der Waals surface area contributed by atoms with Crippen molar-refractivity contribution in [2.45, 2.75) is 41.9 Å². The lowest BCUT2D eigenvalue weighted by Crippen LogP contribution is -2.44. The molecule has 3 aromatic rings. The molecular weight excluding hydrogens is 404 g/mol. The number of rotatable bonds is 5. The lowest BCUT2D eigenvalue weighted by molar-refractivity contribution is 0.0985. The van der Waals surface area contributed by atoms with Crippen molar-refractivity contribution in [2.75, 3.05) is 30.4 Å². The summed E-state index contributed by atoms with van der Waals surface area (Å²) in [6.45, 7) is 4.51. The average Bonchev–Trinajstić information content (AvgIpc) is 2.77. The van der Waals surface area contributed by atoms with Gasteiger partial charge in [0.2, 0.25) is 0 Å². The van der Waals surface area contributed by atoms with Gasteiger partial charge in [-0.05, 0) is 49.7 Å². The first-order valence-corrected chi connectivity index (χ1v) is 11.9. The predicted molar refractivity (Wildman–Crippen MR) is 129 cm³/mol. The second-order valence-electron chi connectivity index (χ2n) is 8.51. The van der Waals surface area contributed by atoms with E-state index in [1.165, 1.54) is 23.1 Å². The molecular formula is C25H29N4OS+. The van der Waals surface area contributed by atoms with E-state index in [1.54, 1.807) is 0 Å². The van der Waals surface area contributed by atoms with Crippen LogP contribution in [0.15, 0.2) is 65.6 Å². The summed E-state index contributed by atoms with van der Waals surface area (Å²) in [4.78, 5) is 13.8. The number of nitrogen functional groups attached to an aromatic ring is 1. The highest BCUT2D eigenvalue weighted by atomic mass is 32.2. The van der Waals surface area contributed by atoms with Crippen LogP contribution in [0.3, 0.4) is 0 Å². The molecule has 1 aromatic heterocycles. The number of aromatic nitrogens is 2. The van der Waals surface area contributed by atoms with E-state index < -0.39 is 0 Å². The molecule has 5 rings (SSSR count). The van der Waals surface area contributed by atoms with Gasteiger partial charge in [0.1, 0.15) is 11.5 Å². The number of thiol groups is 1. The van der Waals surface area contributed by atoms with Crippen LogP contribution in [0.4, 0.5) is 11.5 Å². The summed E-state index contributed by atoms with van der Waals surface area (Å²) in [5.74, 6) is 1.78. The lowest BCUT2D eigenvalue weighted by atomic mass is 9.81. The molecule has 2 aliphatic rings. The standard InChI is InChI=1S/C25H28N4OS/c1-18-17-30-15-14-29(18)23-16-22(27-24(28-23)19-8-10-20(26)11-9-19)25(12-5-13-25)31-21-6-3-2-4-7-21/h2-4,6-11,16,18H,5,12-15,17,26H2,1H3/p+1/t18-/m0/s1. The van der Waals surface area contributed by atoms with E-state index in [2.05, 4.69) is 48.2 Å². The van der Waals surface area contributed by atoms with E-state index >= 15 is 0 Å². The Kier molecular flexibility index (Phi) is 5.59. The van der Waals surface area contributed by atoms with Gasteiger partial charge in [0.05, 0.1) is 19.3 Å². The van der Waals surface area contributed by atoms with Crippen LogP contribution in [-0.4, -0.2) is 35.8 Å². The van der Waals surface area contributed by atoms with Crippen molar-refractivity contribution in [3.05, 3.63) is 66.4 Å². The maximum absolute atomic E-state index is 5.92. The Balaban J connectivity index is 1.59. The Morgan fingerprint density at radius 3 is 2.52 bits per heavy atom. The van der Waals surface area contributed by atoms with Gasteiger partial charge >= 0.3 is 0 Å². The first-order valence-electron chi connectivity index (χ1n) is 11.0. The van der Waals surface area contributed by atoms with Crippen molar-refractivity contribution in [3.8, 4) is 11.4 Å². The van der Waals surface area contributed by atoms with Gasteiger partial charge in [-0.3, -0.25) is 0 Å². The van der Waals surface area contributed by atoms with E-state index in [9.17, 15) is 0 Å². The SMILES string of the molecule is C[C@H]1COCCN1c1cc(C2([SH+]c3ccccc3)CCC2)nc(-c2ccc(N)cc2)n1. The Morgan fingerprint density at radius 1 is 1.06 bits per heavy atom. The van der Waals surface area contributed by atoms with Crippen LogP contribution in [0.5, 0.6) is 0 Å². The maximum atomic E-state index is 5.92. The third kappa shape index (κ3) is 4.14. The fourth-order valence-corrected chi connectivity index (χ4v) is 5.92. The molecule has 160 valence electrons. The number of anilines is 2. The minimum Gasteiger partial charge on any atom is -0.399 e. The van der Waals surface area contributed by atoms with Crippen LogP contribution in [0, 0.1) is 0 Å². The van der Waals surface area contributed by atoms with Crippen molar-refractivity contribution in [3.63, 3.8) is 0 Å². The van der Waals surface area contributed by atoms with Crippen molar-refractivity contribution >= 4 is 23.3 Å². The summed E-state index contributed by atoms with van der Waals surface area (Å²) < 4.78 is 5.72. The molecule has 2 heterocycles. The van der Waals surface area contributed by atoms with Gasteiger partial charge in [0.25, 0.3) is 0 Å². The zero-order valence-electron chi connectivity index (χ0n) is 17.9. The van der Waals surface area contributed by atoms with E-state index in [0.717, 1.165) is 61.2 Å². The molecule has 1 aliphatic carbocycles. The number of hydrogen-bond donors (Lipinski definition) is 1. The summed E-state index contributed by atoms with van der Waals surface area (Å²) in [6.07, 6.45) is 3.55. The van der Waals surface area contributed by atoms with Gasteiger partial charge < -0.3 is 15.4 Å². The van der Waals surface area contributed by atoms with Crippen LogP contribution in [0.1, 0.15) is 31.9 Å². The average molecular weight is 434 g/mol. The molecule has 31 heavy (non-hydrogen) atoms. The first-order chi connectivity index (χ1) is 15.1. The largest absolute Gasteiger partial charge is 0.399 e. The van der Waals surface area contributed by atoms with Gasteiger partial charge in [0.15, 0.2) is 15.5 Å². The molecule has 0 radical (unpaired) electrons. The molecule has 0 amide bonds. The molecule has 0 unspecified atom stereocenters. The Labute approximate surface area is 188 Å². The quantitative estimate of drug-likeness (QED) is 0.371. The normalized spacial score (nSPS) is 20.3. The first kappa shape index (κ1) is 20.3. The van der Waals surface area contributed by atoms with Gasteiger partial charge in [0, 0.05) is 48.5 Å². The minimum atomic E-state index is 0.0527. The number of hydrogen-bond acceptors (Lipinski definition) is 5. The molecule has 6 heteroatoms. The fourth-order valence-electron chi connectivity index (χ4n) is 4.34. The highest BCUT2D eigenvalue weighted by Crippen LogP contribution is 2.47. The minimum absolute atomic E-state index is 0.0527. The molecule has 1 atom stereocenters. The number of nitrogens with two attached hydrogens (primary N) is 1. The number of ether oxygens (including phenoxy) is 1. The van der Waals surface area contributed by atoms with E-state index in [4.69, 9.17) is 20.4 Å². The van der Waals surface area contributed by atoms with Crippen LogP contribution >= 0.6 is 0 Å². The monoisotopic (exact) mass is 433 g/mol. The molecule has 0 bridgehead atoms. The number of benzene rings is 2. The fraction of sp³-hybridized carbons (Fsp3) is 0.360. The molecule has 2 aromatic carbocycles. The molecule has 1 aliphatic heterocycles. The third-order valence-corrected chi connectivity index (χ3v) is 7.96. The van der Waals surface area contributed by atoms with Crippen LogP contribution in [-0.2, 0) is 21.2 Å². The number of morpholine rings is 1. The summed E-state index contributed by atoms with van der Waals surface area (Å²) in [5, 5.41) is 0. The van der Waals surface area contributed by atoms with E-state index in [-0.39, 0.29) is 4.75 Å². The molecule has 1 saturated carbocycles. The van der Waals surface area contributed by atoms with Gasteiger partial charge in [-0.2, -0.15) is 0 Å². The van der Waals surface area contributed by atoms with Crippen molar-refractivity contribution in [1.29, 1.82) is 0 Å². The topological polar surface area (TPSA) is 64.3 Å². The smallest absolute Gasteiger partial charge is 0.173 e. The Bertz CT molecular complexity index is 1040. The summed E-state index contributed by atoms with van der Waals surface area (Å²) >= 11 is 1.33. The summed E-state index contributed by atoms with van der Waals surface area (Å²) in [5.41, 5.74) is 8.83. The number of nitrogens with zero attached hydrogens (tertiary/aromatic N) is 3. The van der Waals surface area contributed by atoms with Crippen LogP contribution in [0.2, 0.25) is 0 Å².